The van der Waals surface area contributed by atoms with Crippen molar-refractivity contribution < 1.29 is 14.3 Å². The van der Waals surface area contributed by atoms with E-state index >= 15 is 0 Å². The Bertz CT molecular complexity index is 700. The Morgan fingerprint density at radius 1 is 1.38 bits per heavy atom. The molecular weight excluding hydrogens is 295 g/mol. The monoisotopic (exact) mass is 304 g/mol. The number of benzene rings is 1. The third-order valence-corrected chi connectivity index (χ3v) is 2.65. The molecule has 0 fully saturated rings. The molecule has 0 aliphatic rings. The minimum atomic E-state index is -0.541. The fourth-order valence-electron chi connectivity index (χ4n) is 1.56. The molecule has 2 aromatic rings. The van der Waals surface area contributed by atoms with E-state index in [0.717, 1.165) is 12.1 Å². The summed E-state index contributed by atoms with van der Waals surface area (Å²) in [5, 5.41) is 11.3. The van der Waals surface area contributed by atoms with E-state index in [2.05, 4.69) is 22.1 Å². The van der Waals surface area contributed by atoms with Crippen molar-refractivity contribution in [3.63, 3.8) is 0 Å². The highest BCUT2D eigenvalue weighted by molar-refractivity contribution is 6.31. The zero-order chi connectivity index (χ0) is 15.2. The molecule has 21 heavy (non-hydrogen) atoms. The van der Waals surface area contributed by atoms with Crippen molar-refractivity contribution >= 4 is 23.2 Å². The molecular formula is C15H10ClFN2O2. The molecule has 4 nitrogen and oxygen atoms in total. The molecule has 0 radical (unpaired) electrons. The Hall–Kier alpha value is -2.42. The first-order valence-corrected chi connectivity index (χ1v) is 6.29. The SMILES string of the molecule is O=C(Nc1cc(F)cc(Cl)c1)c1ccc(C#CCO)cn1. The average molecular weight is 305 g/mol. The Morgan fingerprint density at radius 2 is 2.19 bits per heavy atom. The minimum Gasteiger partial charge on any atom is -0.384 e. The molecule has 0 saturated heterocycles. The van der Waals surface area contributed by atoms with Gasteiger partial charge in [-0.1, -0.05) is 23.4 Å². The lowest BCUT2D eigenvalue weighted by Gasteiger charge is -2.05. The first-order chi connectivity index (χ1) is 10.1. The van der Waals surface area contributed by atoms with Gasteiger partial charge >= 0.3 is 0 Å². The van der Waals surface area contributed by atoms with E-state index in [-0.39, 0.29) is 23.0 Å². The molecule has 1 aromatic carbocycles. The molecule has 2 N–H and O–H groups in total. The van der Waals surface area contributed by atoms with Crippen molar-refractivity contribution in [2.75, 3.05) is 11.9 Å². The standard InChI is InChI=1S/C15H10ClFN2O2/c16-11-6-12(17)8-13(7-11)19-15(21)14-4-3-10(9-18-14)2-1-5-20/h3-4,6-9,20H,5H2,(H,19,21). The van der Waals surface area contributed by atoms with Crippen LogP contribution >= 0.6 is 11.6 Å². The van der Waals surface area contributed by atoms with Crippen LogP contribution in [0.1, 0.15) is 16.1 Å². The number of aromatic nitrogens is 1. The molecule has 0 spiro atoms. The zero-order valence-corrected chi connectivity index (χ0v) is 11.5. The molecule has 0 saturated carbocycles. The quantitative estimate of drug-likeness (QED) is 0.838. The maximum atomic E-state index is 13.2. The maximum Gasteiger partial charge on any atom is 0.274 e. The van der Waals surface area contributed by atoms with Gasteiger partial charge < -0.3 is 10.4 Å². The van der Waals surface area contributed by atoms with Gasteiger partial charge in [-0.2, -0.15) is 0 Å². The van der Waals surface area contributed by atoms with Gasteiger partial charge in [0.25, 0.3) is 5.91 Å². The van der Waals surface area contributed by atoms with Gasteiger partial charge in [0, 0.05) is 22.5 Å². The Morgan fingerprint density at radius 3 is 2.81 bits per heavy atom. The van der Waals surface area contributed by atoms with Gasteiger partial charge in [0.05, 0.1) is 0 Å². The van der Waals surface area contributed by atoms with Crippen LogP contribution in [-0.2, 0) is 0 Å². The average Bonchev–Trinajstić information content (AvgIpc) is 2.44. The molecule has 1 amide bonds. The second-order valence-corrected chi connectivity index (χ2v) is 4.44. The summed E-state index contributed by atoms with van der Waals surface area (Å²) in [5.41, 5.74) is 0.982. The van der Waals surface area contributed by atoms with E-state index in [1.807, 2.05) is 0 Å². The normalized spacial score (nSPS) is 9.67. The van der Waals surface area contributed by atoms with Crippen LogP contribution in [0.4, 0.5) is 10.1 Å². The van der Waals surface area contributed by atoms with Crippen LogP contribution < -0.4 is 5.32 Å². The molecule has 2 rings (SSSR count). The maximum absolute atomic E-state index is 13.2. The van der Waals surface area contributed by atoms with Crippen molar-refractivity contribution in [3.8, 4) is 11.8 Å². The topological polar surface area (TPSA) is 62.2 Å². The summed E-state index contributed by atoms with van der Waals surface area (Å²) in [7, 11) is 0. The van der Waals surface area contributed by atoms with Crippen LogP contribution in [-0.4, -0.2) is 22.6 Å². The number of nitrogens with zero attached hydrogens (tertiary/aromatic N) is 1. The predicted molar refractivity (Wildman–Crippen MR) is 77.6 cm³/mol. The number of aliphatic hydroxyl groups excluding tert-OH is 1. The van der Waals surface area contributed by atoms with Gasteiger partial charge in [-0.25, -0.2) is 9.37 Å². The number of hydrogen-bond donors (Lipinski definition) is 2. The largest absolute Gasteiger partial charge is 0.384 e. The number of hydrogen-bond acceptors (Lipinski definition) is 3. The van der Waals surface area contributed by atoms with Crippen molar-refractivity contribution in [1.82, 2.24) is 4.98 Å². The smallest absolute Gasteiger partial charge is 0.274 e. The molecule has 0 bridgehead atoms. The predicted octanol–water partition coefficient (Wildman–Crippen LogP) is 2.47. The van der Waals surface area contributed by atoms with E-state index in [9.17, 15) is 9.18 Å². The number of aliphatic hydroxyl groups is 1. The molecule has 106 valence electrons. The molecule has 0 unspecified atom stereocenters. The summed E-state index contributed by atoms with van der Waals surface area (Å²) in [6.07, 6.45) is 1.41. The van der Waals surface area contributed by atoms with Crippen LogP contribution in [0.15, 0.2) is 36.5 Å². The van der Waals surface area contributed by atoms with Crippen molar-refractivity contribution in [2.45, 2.75) is 0 Å². The van der Waals surface area contributed by atoms with Crippen molar-refractivity contribution in [3.05, 3.63) is 58.6 Å². The fraction of sp³-hybridized carbons (Fsp3) is 0.0667. The van der Waals surface area contributed by atoms with E-state index < -0.39 is 11.7 Å². The summed E-state index contributed by atoms with van der Waals surface area (Å²) < 4.78 is 13.2. The summed E-state index contributed by atoms with van der Waals surface area (Å²) in [6, 6.07) is 6.82. The highest BCUT2D eigenvalue weighted by Gasteiger charge is 2.08. The molecule has 0 atom stereocenters. The molecule has 6 heteroatoms. The van der Waals surface area contributed by atoms with Gasteiger partial charge in [-0.3, -0.25) is 4.79 Å². The van der Waals surface area contributed by atoms with Crippen molar-refractivity contribution in [2.24, 2.45) is 0 Å². The highest BCUT2D eigenvalue weighted by Crippen LogP contribution is 2.18. The van der Waals surface area contributed by atoms with E-state index in [1.165, 1.54) is 18.3 Å². The van der Waals surface area contributed by atoms with Gasteiger partial charge in [0.2, 0.25) is 0 Å². The summed E-state index contributed by atoms with van der Waals surface area (Å²) in [5.74, 6) is 4.11. The number of amides is 1. The van der Waals surface area contributed by atoms with E-state index in [4.69, 9.17) is 16.7 Å². The number of pyridine rings is 1. The highest BCUT2D eigenvalue weighted by atomic mass is 35.5. The molecule has 1 aromatic heterocycles. The van der Waals surface area contributed by atoms with Gasteiger partial charge in [0.1, 0.15) is 18.1 Å². The first kappa shape index (κ1) is 15.0. The third-order valence-electron chi connectivity index (χ3n) is 2.43. The lowest BCUT2D eigenvalue weighted by molar-refractivity contribution is 0.102. The third kappa shape index (κ3) is 4.28. The minimum absolute atomic E-state index is 0.157. The zero-order valence-electron chi connectivity index (χ0n) is 10.7. The van der Waals surface area contributed by atoms with E-state index in [0.29, 0.717) is 5.56 Å². The van der Waals surface area contributed by atoms with Gasteiger partial charge in [0.15, 0.2) is 0 Å². The number of halogens is 2. The van der Waals surface area contributed by atoms with Crippen LogP contribution in [0, 0.1) is 17.7 Å². The molecule has 0 aliphatic carbocycles. The number of anilines is 1. The Balaban J connectivity index is 2.13. The van der Waals surface area contributed by atoms with Crippen molar-refractivity contribution in [1.29, 1.82) is 0 Å². The van der Waals surface area contributed by atoms with Gasteiger partial charge in [-0.05, 0) is 30.3 Å². The molecule has 1 heterocycles. The Kier molecular flexibility index (Phi) is 4.88. The second kappa shape index (κ2) is 6.84. The number of carbonyl (C=O) groups is 1. The Labute approximate surface area is 125 Å². The number of rotatable bonds is 2. The van der Waals surface area contributed by atoms with Crippen LogP contribution in [0.5, 0.6) is 0 Å². The lowest BCUT2D eigenvalue weighted by Crippen LogP contribution is -2.13. The van der Waals surface area contributed by atoms with Crippen LogP contribution in [0.3, 0.4) is 0 Å². The van der Waals surface area contributed by atoms with Gasteiger partial charge in [-0.15, -0.1) is 0 Å². The van der Waals surface area contributed by atoms with Crippen LogP contribution in [0.2, 0.25) is 5.02 Å². The second-order valence-electron chi connectivity index (χ2n) is 4.00. The number of nitrogens with one attached hydrogen (secondary N) is 1. The van der Waals surface area contributed by atoms with Crippen LogP contribution in [0.25, 0.3) is 0 Å². The summed E-state index contributed by atoms with van der Waals surface area (Å²) in [4.78, 5) is 15.9. The molecule has 0 aliphatic heterocycles. The summed E-state index contributed by atoms with van der Waals surface area (Å²) in [6.45, 7) is -0.247. The fourth-order valence-corrected chi connectivity index (χ4v) is 1.79. The summed E-state index contributed by atoms with van der Waals surface area (Å²) >= 11 is 5.71. The first-order valence-electron chi connectivity index (χ1n) is 5.92. The van der Waals surface area contributed by atoms with E-state index in [1.54, 1.807) is 6.07 Å². The number of carbonyl (C=O) groups excluding carboxylic acids is 1. The lowest BCUT2D eigenvalue weighted by atomic mass is 10.2.